The fraction of sp³-hybridized carbons (Fsp3) is 0.261. The molecule has 3 aromatic rings. The molecule has 144 valence electrons. The van der Waals surface area contributed by atoms with E-state index < -0.39 is 0 Å². The van der Waals surface area contributed by atoms with E-state index in [-0.39, 0.29) is 24.8 Å². The molecule has 0 N–H and O–H groups in total. The van der Waals surface area contributed by atoms with E-state index in [1.807, 2.05) is 53.6 Å². The smallest absolute Gasteiger partial charge is 0.254 e. The molecule has 3 aliphatic rings. The first-order valence-electron chi connectivity index (χ1n) is 9.91. The summed E-state index contributed by atoms with van der Waals surface area (Å²) < 4.78 is 10.8. The third kappa shape index (κ3) is 2.59. The van der Waals surface area contributed by atoms with Crippen LogP contribution in [0.25, 0.3) is 11.4 Å². The number of nitrogens with zero attached hydrogens (tertiary/aromatic N) is 3. The normalized spacial score (nSPS) is 21.2. The van der Waals surface area contributed by atoms with Gasteiger partial charge in [0, 0.05) is 35.3 Å². The SMILES string of the molecule is O=C(c1ccc2c(c1)OCO2)N1[C@H]2CC[C@@H]1c1cnc(-c3ccccc3)nc1C2. The molecule has 29 heavy (non-hydrogen) atoms. The highest BCUT2D eigenvalue weighted by Crippen LogP contribution is 2.44. The maximum absolute atomic E-state index is 13.3. The lowest BCUT2D eigenvalue weighted by atomic mass is 9.97. The Morgan fingerprint density at radius 2 is 1.90 bits per heavy atom. The average molecular weight is 385 g/mol. The van der Waals surface area contributed by atoms with Crippen molar-refractivity contribution < 1.29 is 14.3 Å². The maximum Gasteiger partial charge on any atom is 0.254 e. The van der Waals surface area contributed by atoms with E-state index in [2.05, 4.69) is 4.98 Å². The van der Waals surface area contributed by atoms with Crippen LogP contribution in [0.1, 0.15) is 40.5 Å². The fourth-order valence-electron chi connectivity index (χ4n) is 4.69. The quantitative estimate of drug-likeness (QED) is 0.672. The van der Waals surface area contributed by atoms with Crippen molar-refractivity contribution in [2.75, 3.05) is 6.79 Å². The maximum atomic E-state index is 13.3. The molecule has 2 atom stereocenters. The predicted octanol–water partition coefficient (Wildman–Crippen LogP) is 3.77. The van der Waals surface area contributed by atoms with Gasteiger partial charge in [0.1, 0.15) is 0 Å². The molecule has 0 spiro atoms. The van der Waals surface area contributed by atoms with Crippen LogP contribution >= 0.6 is 0 Å². The van der Waals surface area contributed by atoms with Crippen molar-refractivity contribution in [1.29, 1.82) is 0 Å². The van der Waals surface area contributed by atoms with Gasteiger partial charge in [-0.05, 0) is 31.0 Å². The van der Waals surface area contributed by atoms with Crippen molar-refractivity contribution in [2.45, 2.75) is 31.3 Å². The third-order valence-electron chi connectivity index (χ3n) is 6.08. The highest BCUT2D eigenvalue weighted by atomic mass is 16.7. The molecule has 1 amide bonds. The van der Waals surface area contributed by atoms with E-state index in [0.29, 0.717) is 17.1 Å². The first kappa shape index (κ1) is 16.5. The molecule has 4 heterocycles. The summed E-state index contributed by atoms with van der Waals surface area (Å²) in [6.45, 7) is 0.205. The Balaban J connectivity index is 1.34. The topological polar surface area (TPSA) is 64.6 Å². The van der Waals surface area contributed by atoms with Gasteiger partial charge in [0.25, 0.3) is 5.91 Å². The van der Waals surface area contributed by atoms with Crippen molar-refractivity contribution in [1.82, 2.24) is 14.9 Å². The Bertz CT molecular complexity index is 1120. The second kappa shape index (κ2) is 6.30. The number of ether oxygens (including phenoxy) is 2. The molecular weight excluding hydrogens is 366 g/mol. The van der Waals surface area contributed by atoms with Crippen molar-refractivity contribution in [3.05, 3.63) is 71.5 Å². The first-order chi connectivity index (χ1) is 14.3. The molecule has 0 unspecified atom stereocenters. The molecule has 1 fully saturated rings. The molecule has 0 aliphatic carbocycles. The van der Waals surface area contributed by atoms with Gasteiger partial charge in [-0.2, -0.15) is 0 Å². The molecule has 6 rings (SSSR count). The van der Waals surface area contributed by atoms with E-state index in [1.165, 1.54) is 0 Å². The van der Waals surface area contributed by atoms with Gasteiger partial charge in [-0.1, -0.05) is 30.3 Å². The number of amides is 1. The molecule has 2 aromatic carbocycles. The van der Waals surface area contributed by atoms with E-state index in [4.69, 9.17) is 14.5 Å². The number of carbonyl (C=O) groups is 1. The zero-order chi connectivity index (χ0) is 19.4. The second-order valence-electron chi connectivity index (χ2n) is 7.69. The van der Waals surface area contributed by atoms with Crippen LogP contribution in [0.2, 0.25) is 0 Å². The molecule has 2 bridgehead atoms. The zero-order valence-corrected chi connectivity index (χ0v) is 15.7. The van der Waals surface area contributed by atoms with Gasteiger partial charge in [0.05, 0.1) is 11.7 Å². The predicted molar refractivity (Wildman–Crippen MR) is 106 cm³/mol. The number of fused-ring (bicyclic) bond motifs is 5. The minimum Gasteiger partial charge on any atom is -0.454 e. The minimum atomic E-state index is 0.0338. The summed E-state index contributed by atoms with van der Waals surface area (Å²) in [7, 11) is 0. The summed E-state index contributed by atoms with van der Waals surface area (Å²) in [5.41, 5.74) is 3.80. The Kier molecular flexibility index (Phi) is 3.59. The van der Waals surface area contributed by atoms with Crippen molar-refractivity contribution in [3.63, 3.8) is 0 Å². The molecule has 6 nitrogen and oxygen atoms in total. The zero-order valence-electron chi connectivity index (χ0n) is 15.7. The van der Waals surface area contributed by atoms with E-state index in [0.717, 1.165) is 41.9 Å². The van der Waals surface area contributed by atoms with Gasteiger partial charge >= 0.3 is 0 Å². The van der Waals surface area contributed by atoms with Crippen LogP contribution in [-0.2, 0) is 6.42 Å². The van der Waals surface area contributed by atoms with Gasteiger partial charge in [0.15, 0.2) is 17.3 Å². The van der Waals surface area contributed by atoms with Gasteiger partial charge in [-0.3, -0.25) is 4.79 Å². The molecule has 0 saturated carbocycles. The largest absolute Gasteiger partial charge is 0.454 e. The van der Waals surface area contributed by atoms with E-state index >= 15 is 0 Å². The Hall–Kier alpha value is -3.41. The van der Waals surface area contributed by atoms with Crippen molar-refractivity contribution in [3.8, 4) is 22.9 Å². The minimum absolute atomic E-state index is 0.0338. The van der Waals surface area contributed by atoms with E-state index in [9.17, 15) is 4.79 Å². The highest BCUT2D eigenvalue weighted by molar-refractivity contribution is 5.96. The number of rotatable bonds is 2. The monoisotopic (exact) mass is 385 g/mol. The van der Waals surface area contributed by atoms with Gasteiger partial charge in [-0.15, -0.1) is 0 Å². The number of hydrogen-bond acceptors (Lipinski definition) is 5. The molecular formula is C23H19N3O3. The summed E-state index contributed by atoms with van der Waals surface area (Å²) in [6, 6.07) is 15.6. The standard InChI is InChI=1S/C23H19N3O3/c27-23(15-6-9-20-21(10-15)29-13-28-20)26-16-7-8-19(26)17-12-24-22(25-18(17)11-16)14-4-2-1-3-5-14/h1-6,9-10,12,16,19H,7-8,11,13H2/t16-,19+/m0/s1. The second-order valence-corrected chi connectivity index (χ2v) is 7.69. The van der Waals surface area contributed by atoms with Crippen LogP contribution in [0.15, 0.2) is 54.7 Å². The van der Waals surface area contributed by atoms with Crippen LogP contribution in [0, 0.1) is 0 Å². The van der Waals surface area contributed by atoms with Crippen LogP contribution in [0.3, 0.4) is 0 Å². The van der Waals surface area contributed by atoms with Crippen LogP contribution in [-0.4, -0.2) is 33.6 Å². The lowest BCUT2D eigenvalue weighted by Gasteiger charge is -2.35. The lowest BCUT2D eigenvalue weighted by molar-refractivity contribution is 0.0643. The fourth-order valence-corrected chi connectivity index (χ4v) is 4.69. The van der Waals surface area contributed by atoms with Crippen LogP contribution in [0.4, 0.5) is 0 Å². The summed E-state index contributed by atoms with van der Waals surface area (Å²) in [5, 5.41) is 0. The summed E-state index contributed by atoms with van der Waals surface area (Å²) >= 11 is 0. The van der Waals surface area contributed by atoms with Crippen molar-refractivity contribution >= 4 is 5.91 Å². The van der Waals surface area contributed by atoms with Crippen LogP contribution in [0.5, 0.6) is 11.5 Å². The number of hydrogen-bond donors (Lipinski definition) is 0. The average Bonchev–Trinajstić information content (AvgIpc) is 3.36. The molecule has 6 heteroatoms. The first-order valence-corrected chi connectivity index (χ1v) is 9.91. The lowest BCUT2D eigenvalue weighted by Crippen LogP contribution is -2.42. The molecule has 1 saturated heterocycles. The molecule has 0 radical (unpaired) electrons. The van der Waals surface area contributed by atoms with E-state index in [1.54, 1.807) is 6.07 Å². The summed E-state index contributed by atoms with van der Waals surface area (Å²) in [4.78, 5) is 24.8. The summed E-state index contributed by atoms with van der Waals surface area (Å²) in [5.74, 6) is 2.11. The van der Waals surface area contributed by atoms with Gasteiger partial charge < -0.3 is 14.4 Å². The van der Waals surface area contributed by atoms with Gasteiger partial charge in [-0.25, -0.2) is 9.97 Å². The Labute approximate surface area is 168 Å². The number of benzene rings is 2. The third-order valence-corrected chi connectivity index (χ3v) is 6.08. The molecule has 1 aromatic heterocycles. The summed E-state index contributed by atoms with van der Waals surface area (Å²) in [6.07, 6.45) is 4.61. The Morgan fingerprint density at radius 3 is 2.79 bits per heavy atom. The highest BCUT2D eigenvalue weighted by Gasteiger charge is 2.43. The Morgan fingerprint density at radius 1 is 1.03 bits per heavy atom. The van der Waals surface area contributed by atoms with Crippen molar-refractivity contribution in [2.24, 2.45) is 0 Å². The van der Waals surface area contributed by atoms with Gasteiger partial charge in [0.2, 0.25) is 6.79 Å². The number of aromatic nitrogens is 2. The number of carbonyl (C=O) groups excluding carboxylic acids is 1. The molecule has 3 aliphatic heterocycles. The van der Waals surface area contributed by atoms with Crippen LogP contribution < -0.4 is 9.47 Å².